The monoisotopic (exact) mass is 371 g/mol. The fourth-order valence-corrected chi connectivity index (χ4v) is 4.20. The number of hydrogen-bond acceptors (Lipinski definition) is 6. The largest absolute Gasteiger partial charge is 0.440 e. The number of rotatable bonds is 4. The number of benzene rings is 1. The van der Waals surface area contributed by atoms with Crippen LogP contribution in [0.2, 0.25) is 0 Å². The van der Waals surface area contributed by atoms with Gasteiger partial charge in [0.2, 0.25) is 0 Å². The number of piperidine rings is 1. The molecule has 136 valence electrons. The number of oxazole rings is 1. The molecule has 6 nitrogen and oxygen atoms in total. The summed E-state index contributed by atoms with van der Waals surface area (Å²) < 4.78 is 11.1. The van der Waals surface area contributed by atoms with Crippen LogP contribution in [-0.2, 0) is 11.3 Å². The third kappa shape index (κ3) is 3.12. The molecule has 1 saturated heterocycles. The second-order valence-corrected chi connectivity index (χ2v) is 7.46. The van der Waals surface area contributed by atoms with Gasteiger partial charge in [0.1, 0.15) is 10.4 Å². The zero-order chi connectivity index (χ0) is 18.1. The first kappa shape index (κ1) is 17.2. The summed E-state index contributed by atoms with van der Waals surface area (Å²) in [5.74, 6) is 1.09. The van der Waals surface area contributed by atoms with Gasteiger partial charge in [0.05, 0.1) is 17.8 Å². The van der Waals surface area contributed by atoms with Gasteiger partial charge in [-0.1, -0.05) is 12.1 Å². The molecular weight excluding hydrogens is 350 g/mol. The molecule has 1 aliphatic heterocycles. The number of likely N-dealkylation sites (tertiary alicyclic amines) is 1. The van der Waals surface area contributed by atoms with E-state index in [-0.39, 0.29) is 11.8 Å². The number of thiazole rings is 1. The van der Waals surface area contributed by atoms with Crippen molar-refractivity contribution in [2.75, 3.05) is 20.2 Å². The Kier molecular flexibility index (Phi) is 4.74. The number of aryl methyl sites for hydroxylation is 1. The molecule has 3 heterocycles. The Morgan fingerprint density at radius 3 is 2.92 bits per heavy atom. The van der Waals surface area contributed by atoms with Crippen LogP contribution in [0.3, 0.4) is 0 Å². The lowest BCUT2D eigenvalue weighted by atomic mass is 9.96. The maximum atomic E-state index is 12.8. The molecule has 0 atom stereocenters. The number of aromatic nitrogens is 2. The zero-order valence-corrected chi connectivity index (χ0v) is 15.7. The SMILES string of the molecule is COCc1ncsc1C(=O)N1CCC(c2nc3cccc(C)c3o2)CC1. The van der Waals surface area contributed by atoms with Crippen molar-refractivity contribution >= 4 is 28.3 Å². The summed E-state index contributed by atoms with van der Waals surface area (Å²) >= 11 is 1.38. The van der Waals surface area contributed by atoms with Crippen LogP contribution in [0.4, 0.5) is 0 Å². The fraction of sp³-hybridized carbons (Fsp3) is 0.421. The Labute approximate surface area is 155 Å². The van der Waals surface area contributed by atoms with Gasteiger partial charge in [-0.15, -0.1) is 11.3 Å². The van der Waals surface area contributed by atoms with Crippen LogP contribution in [-0.4, -0.2) is 41.0 Å². The summed E-state index contributed by atoms with van der Waals surface area (Å²) in [5, 5.41) is 0. The summed E-state index contributed by atoms with van der Waals surface area (Å²) in [4.78, 5) is 24.3. The Hall–Kier alpha value is -2.25. The van der Waals surface area contributed by atoms with Gasteiger partial charge in [0.15, 0.2) is 11.5 Å². The first-order valence-corrected chi connectivity index (χ1v) is 9.62. The van der Waals surface area contributed by atoms with Gasteiger partial charge < -0.3 is 14.1 Å². The Balaban J connectivity index is 1.45. The molecule has 0 aliphatic carbocycles. The number of amides is 1. The van der Waals surface area contributed by atoms with Crippen molar-refractivity contribution in [3.05, 3.63) is 45.7 Å². The average molecular weight is 371 g/mol. The van der Waals surface area contributed by atoms with E-state index in [4.69, 9.17) is 9.15 Å². The summed E-state index contributed by atoms with van der Waals surface area (Å²) in [6, 6.07) is 6.01. The van der Waals surface area contributed by atoms with E-state index in [1.165, 1.54) is 11.3 Å². The van der Waals surface area contributed by atoms with Crippen LogP contribution < -0.4 is 0 Å². The maximum Gasteiger partial charge on any atom is 0.265 e. The number of carbonyl (C=O) groups excluding carboxylic acids is 1. The minimum absolute atomic E-state index is 0.0476. The highest BCUT2D eigenvalue weighted by Gasteiger charge is 2.29. The van der Waals surface area contributed by atoms with Crippen molar-refractivity contribution in [2.24, 2.45) is 0 Å². The van der Waals surface area contributed by atoms with E-state index in [1.54, 1.807) is 12.6 Å². The molecule has 1 aliphatic rings. The van der Waals surface area contributed by atoms with Crippen molar-refractivity contribution in [3.63, 3.8) is 0 Å². The number of para-hydroxylation sites is 1. The van der Waals surface area contributed by atoms with Crippen molar-refractivity contribution in [2.45, 2.75) is 32.3 Å². The number of methoxy groups -OCH3 is 1. The quantitative estimate of drug-likeness (QED) is 0.698. The molecule has 0 saturated carbocycles. The lowest BCUT2D eigenvalue weighted by Gasteiger charge is -2.30. The molecule has 4 rings (SSSR count). The second-order valence-electron chi connectivity index (χ2n) is 6.60. The zero-order valence-electron chi connectivity index (χ0n) is 14.9. The minimum Gasteiger partial charge on any atom is -0.440 e. The van der Waals surface area contributed by atoms with Gasteiger partial charge in [-0.3, -0.25) is 4.79 Å². The van der Waals surface area contributed by atoms with Crippen LogP contribution in [0.25, 0.3) is 11.1 Å². The molecule has 0 bridgehead atoms. The first-order chi connectivity index (χ1) is 12.7. The highest BCUT2D eigenvalue weighted by atomic mass is 32.1. The van der Waals surface area contributed by atoms with Crippen LogP contribution in [0.15, 0.2) is 28.1 Å². The summed E-state index contributed by atoms with van der Waals surface area (Å²) in [5.41, 5.74) is 5.31. The van der Waals surface area contributed by atoms with E-state index in [0.717, 1.165) is 41.1 Å². The molecule has 7 heteroatoms. The van der Waals surface area contributed by atoms with Crippen molar-refractivity contribution in [3.8, 4) is 0 Å². The first-order valence-electron chi connectivity index (χ1n) is 8.74. The topological polar surface area (TPSA) is 68.5 Å². The molecular formula is C19H21N3O3S. The summed E-state index contributed by atoms with van der Waals surface area (Å²) in [6.07, 6.45) is 1.71. The number of carbonyl (C=O) groups is 1. The maximum absolute atomic E-state index is 12.8. The standard InChI is InChI=1S/C19H21N3O3S/c1-12-4-3-5-14-16(12)25-18(21-14)13-6-8-22(9-7-13)19(23)17-15(10-24-2)20-11-26-17/h3-5,11,13H,6-10H2,1-2H3. The number of nitrogens with zero attached hydrogens (tertiary/aromatic N) is 3. The average Bonchev–Trinajstić information content (AvgIpc) is 3.29. The molecule has 0 N–H and O–H groups in total. The Morgan fingerprint density at radius 2 is 2.19 bits per heavy atom. The number of fused-ring (bicyclic) bond motifs is 1. The van der Waals surface area contributed by atoms with Crippen molar-refractivity contribution in [1.82, 2.24) is 14.9 Å². The predicted molar refractivity (Wildman–Crippen MR) is 99.5 cm³/mol. The van der Waals surface area contributed by atoms with E-state index < -0.39 is 0 Å². The van der Waals surface area contributed by atoms with E-state index in [0.29, 0.717) is 24.6 Å². The van der Waals surface area contributed by atoms with Gasteiger partial charge in [-0.25, -0.2) is 9.97 Å². The van der Waals surface area contributed by atoms with Crippen LogP contribution in [0.5, 0.6) is 0 Å². The van der Waals surface area contributed by atoms with Crippen LogP contribution in [0.1, 0.15) is 45.6 Å². The lowest BCUT2D eigenvalue weighted by Crippen LogP contribution is -2.38. The molecule has 1 aromatic carbocycles. The molecule has 26 heavy (non-hydrogen) atoms. The summed E-state index contributed by atoms with van der Waals surface area (Å²) in [7, 11) is 1.61. The van der Waals surface area contributed by atoms with Gasteiger partial charge >= 0.3 is 0 Å². The molecule has 0 unspecified atom stereocenters. The molecule has 0 radical (unpaired) electrons. The molecule has 1 amide bonds. The minimum atomic E-state index is 0.0476. The highest BCUT2D eigenvalue weighted by molar-refractivity contribution is 7.11. The Bertz CT molecular complexity index is 925. The van der Waals surface area contributed by atoms with Gasteiger partial charge in [0.25, 0.3) is 5.91 Å². The van der Waals surface area contributed by atoms with Crippen molar-refractivity contribution < 1.29 is 13.9 Å². The lowest BCUT2D eigenvalue weighted by molar-refractivity contribution is 0.0706. The number of hydrogen-bond donors (Lipinski definition) is 0. The predicted octanol–water partition coefficient (Wildman–Crippen LogP) is 3.76. The third-order valence-electron chi connectivity index (χ3n) is 4.88. The van der Waals surface area contributed by atoms with Gasteiger partial charge in [0, 0.05) is 26.1 Å². The Morgan fingerprint density at radius 1 is 1.38 bits per heavy atom. The highest BCUT2D eigenvalue weighted by Crippen LogP contribution is 2.31. The third-order valence-corrected chi connectivity index (χ3v) is 5.73. The second kappa shape index (κ2) is 7.17. The normalized spacial score (nSPS) is 15.7. The van der Waals surface area contributed by atoms with Crippen molar-refractivity contribution in [1.29, 1.82) is 0 Å². The molecule has 3 aromatic rings. The van der Waals surface area contributed by atoms with E-state index in [9.17, 15) is 4.79 Å². The van der Waals surface area contributed by atoms with E-state index in [2.05, 4.69) is 9.97 Å². The van der Waals surface area contributed by atoms with Gasteiger partial charge in [-0.05, 0) is 31.4 Å². The molecule has 1 fully saturated rings. The fourth-order valence-electron chi connectivity index (χ4n) is 3.43. The van der Waals surface area contributed by atoms with Gasteiger partial charge in [-0.2, -0.15) is 0 Å². The molecule has 0 spiro atoms. The van der Waals surface area contributed by atoms with Crippen LogP contribution >= 0.6 is 11.3 Å². The molecule has 2 aromatic heterocycles. The summed E-state index contributed by atoms with van der Waals surface area (Å²) in [6.45, 7) is 3.80. The smallest absolute Gasteiger partial charge is 0.265 e. The number of ether oxygens (including phenoxy) is 1. The van der Waals surface area contributed by atoms with E-state index >= 15 is 0 Å². The van der Waals surface area contributed by atoms with E-state index in [1.807, 2.05) is 30.0 Å². The van der Waals surface area contributed by atoms with Crippen LogP contribution in [0, 0.1) is 6.92 Å².